The summed E-state index contributed by atoms with van der Waals surface area (Å²) in [6, 6.07) is 0. The summed E-state index contributed by atoms with van der Waals surface area (Å²) in [5, 5.41) is 6.14. The predicted molar refractivity (Wildman–Crippen MR) is 96.6 cm³/mol. The van der Waals surface area contributed by atoms with Crippen LogP contribution in [0.2, 0.25) is 0 Å². The Kier molecular flexibility index (Phi) is 28.4. The molecular weight excluding hydrogens is 260 g/mol. The van der Waals surface area contributed by atoms with Crippen LogP contribution < -0.4 is 10.6 Å². The molecule has 0 aromatic heterocycles. The van der Waals surface area contributed by atoms with E-state index in [0.717, 1.165) is 25.9 Å². The Labute approximate surface area is 133 Å². The van der Waals surface area contributed by atoms with Crippen molar-refractivity contribution in [2.45, 2.75) is 60.8 Å². The van der Waals surface area contributed by atoms with Gasteiger partial charge in [-0.05, 0) is 39.8 Å². The van der Waals surface area contributed by atoms with Crippen molar-refractivity contribution in [3.05, 3.63) is 24.8 Å². The smallest absolute Gasteiger partial charge is 0.223 e. The molecule has 1 rings (SSSR count). The largest absolute Gasteiger partial charge is 0.352 e. The standard InChI is InChI=1S/C10H18N2O.C3H8.C3H6.C2H6/c1-2-3-6-12-10(13)9-4-7-11-8-5-9;2*1-3-2;1-2/h2-3,9,11H,4-8H2,1H3,(H,12,13);3H2,1-2H3;3H,1H2,2H3;1-2H3/b3-2+;;;. The van der Waals surface area contributed by atoms with Gasteiger partial charge in [-0.2, -0.15) is 0 Å². The second kappa shape index (κ2) is 24.0. The van der Waals surface area contributed by atoms with E-state index in [4.69, 9.17) is 0 Å². The molecule has 21 heavy (non-hydrogen) atoms. The zero-order valence-electron chi connectivity index (χ0n) is 15.2. The molecule has 0 radical (unpaired) electrons. The van der Waals surface area contributed by atoms with Gasteiger partial charge in [0.05, 0.1) is 0 Å². The Morgan fingerprint density at radius 2 is 1.67 bits per heavy atom. The van der Waals surface area contributed by atoms with Crippen LogP contribution in [-0.4, -0.2) is 25.5 Å². The molecule has 1 saturated heterocycles. The van der Waals surface area contributed by atoms with Crippen molar-refractivity contribution >= 4 is 5.91 Å². The van der Waals surface area contributed by atoms with Gasteiger partial charge in [0.2, 0.25) is 5.91 Å². The maximum atomic E-state index is 11.5. The third-order valence-corrected chi connectivity index (χ3v) is 2.34. The highest BCUT2D eigenvalue weighted by Gasteiger charge is 2.19. The number of allylic oxidation sites excluding steroid dienone is 2. The van der Waals surface area contributed by atoms with Crippen LogP contribution in [0.15, 0.2) is 24.8 Å². The molecule has 0 aromatic rings. The first-order chi connectivity index (χ1) is 10.2. The van der Waals surface area contributed by atoms with Gasteiger partial charge in [0, 0.05) is 12.5 Å². The van der Waals surface area contributed by atoms with Crippen molar-refractivity contribution in [1.82, 2.24) is 10.6 Å². The van der Waals surface area contributed by atoms with Gasteiger partial charge in [0.1, 0.15) is 0 Å². The summed E-state index contributed by atoms with van der Waals surface area (Å²) >= 11 is 0. The molecule has 1 aliphatic rings. The molecule has 126 valence electrons. The van der Waals surface area contributed by atoms with E-state index >= 15 is 0 Å². The minimum Gasteiger partial charge on any atom is -0.352 e. The second-order valence-electron chi connectivity index (χ2n) is 4.45. The minimum atomic E-state index is 0.208. The van der Waals surface area contributed by atoms with Crippen LogP contribution in [0, 0.1) is 5.92 Å². The van der Waals surface area contributed by atoms with Gasteiger partial charge in [-0.1, -0.05) is 52.3 Å². The van der Waals surface area contributed by atoms with Crippen molar-refractivity contribution in [3.63, 3.8) is 0 Å². The highest BCUT2D eigenvalue weighted by molar-refractivity contribution is 5.78. The lowest BCUT2D eigenvalue weighted by atomic mass is 9.97. The Hall–Kier alpha value is -1.09. The van der Waals surface area contributed by atoms with Gasteiger partial charge in [0.15, 0.2) is 0 Å². The Bertz CT molecular complexity index is 231. The normalized spacial score (nSPS) is 13.6. The highest BCUT2D eigenvalue weighted by Crippen LogP contribution is 2.10. The Morgan fingerprint density at radius 3 is 2.05 bits per heavy atom. The fourth-order valence-corrected chi connectivity index (χ4v) is 1.51. The first kappa shape index (κ1) is 24.9. The molecule has 0 spiro atoms. The molecule has 1 aliphatic heterocycles. The van der Waals surface area contributed by atoms with Gasteiger partial charge in [-0.15, -0.1) is 6.58 Å². The SMILES string of the molecule is C/C=C/CNC(=O)C1CCNCC1.C=CC.CC.CCC. The predicted octanol–water partition coefficient (Wildman–Crippen LogP) is 4.31. The maximum Gasteiger partial charge on any atom is 0.223 e. The van der Waals surface area contributed by atoms with E-state index < -0.39 is 0 Å². The van der Waals surface area contributed by atoms with Gasteiger partial charge < -0.3 is 10.6 Å². The lowest BCUT2D eigenvalue weighted by Gasteiger charge is -2.21. The Balaban J connectivity index is -0.000000342. The van der Waals surface area contributed by atoms with Crippen LogP contribution in [0.25, 0.3) is 0 Å². The molecule has 0 atom stereocenters. The van der Waals surface area contributed by atoms with Gasteiger partial charge in [-0.3, -0.25) is 4.79 Å². The molecule has 2 N–H and O–H groups in total. The van der Waals surface area contributed by atoms with Crippen LogP contribution in [0.3, 0.4) is 0 Å². The summed E-state index contributed by atoms with van der Waals surface area (Å²) < 4.78 is 0. The third kappa shape index (κ3) is 21.4. The van der Waals surface area contributed by atoms with E-state index in [1.807, 2.05) is 39.8 Å². The van der Waals surface area contributed by atoms with Crippen molar-refractivity contribution in [3.8, 4) is 0 Å². The maximum absolute atomic E-state index is 11.5. The Morgan fingerprint density at radius 1 is 1.24 bits per heavy atom. The van der Waals surface area contributed by atoms with Crippen LogP contribution in [0.4, 0.5) is 0 Å². The minimum absolute atomic E-state index is 0.208. The summed E-state index contributed by atoms with van der Waals surface area (Å²) in [7, 11) is 0. The molecular formula is C18H38N2O. The van der Waals surface area contributed by atoms with E-state index in [-0.39, 0.29) is 11.8 Å². The van der Waals surface area contributed by atoms with E-state index in [0.29, 0.717) is 6.54 Å². The number of amides is 1. The van der Waals surface area contributed by atoms with Crippen molar-refractivity contribution < 1.29 is 4.79 Å². The molecule has 3 heteroatoms. The number of carbonyl (C=O) groups excluding carboxylic acids is 1. The molecule has 0 aromatic carbocycles. The van der Waals surface area contributed by atoms with Gasteiger partial charge in [0.25, 0.3) is 0 Å². The average molecular weight is 299 g/mol. The summed E-state index contributed by atoms with van der Waals surface area (Å²) in [4.78, 5) is 11.5. The fourth-order valence-electron chi connectivity index (χ4n) is 1.51. The average Bonchev–Trinajstić information content (AvgIpc) is 2.52. The summed E-state index contributed by atoms with van der Waals surface area (Å²) in [5.41, 5.74) is 0. The number of hydrogen-bond acceptors (Lipinski definition) is 2. The van der Waals surface area contributed by atoms with Crippen molar-refractivity contribution in [2.75, 3.05) is 19.6 Å². The van der Waals surface area contributed by atoms with E-state index in [1.54, 1.807) is 6.08 Å². The molecule has 0 saturated carbocycles. The summed E-state index contributed by atoms with van der Waals surface area (Å²) in [6.45, 7) is 18.1. The van der Waals surface area contributed by atoms with Crippen molar-refractivity contribution in [2.24, 2.45) is 5.92 Å². The first-order valence-corrected chi connectivity index (χ1v) is 8.34. The molecule has 1 heterocycles. The monoisotopic (exact) mass is 298 g/mol. The second-order valence-corrected chi connectivity index (χ2v) is 4.45. The molecule has 3 nitrogen and oxygen atoms in total. The van der Waals surface area contributed by atoms with Gasteiger partial charge in [-0.25, -0.2) is 0 Å². The third-order valence-electron chi connectivity index (χ3n) is 2.34. The number of nitrogens with one attached hydrogen (secondary N) is 2. The topological polar surface area (TPSA) is 41.1 Å². The number of piperidine rings is 1. The molecule has 1 amide bonds. The van der Waals surface area contributed by atoms with E-state index in [9.17, 15) is 4.79 Å². The van der Waals surface area contributed by atoms with Crippen LogP contribution in [-0.2, 0) is 4.79 Å². The lowest BCUT2D eigenvalue weighted by Crippen LogP contribution is -2.38. The van der Waals surface area contributed by atoms with Crippen LogP contribution >= 0.6 is 0 Å². The summed E-state index contributed by atoms with van der Waals surface area (Å²) in [6.07, 6.45) is 8.85. The number of hydrogen-bond donors (Lipinski definition) is 2. The molecule has 0 aliphatic carbocycles. The zero-order valence-corrected chi connectivity index (χ0v) is 15.2. The molecule has 0 unspecified atom stereocenters. The lowest BCUT2D eigenvalue weighted by molar-refractivity contribution is -0.125. The summed E-state index contributed by atoms with van der Waals surface area (Å²) in [5.74, 6) is 0.436. The van der Waals surface area contributed by atoms with Crippen molar-refractivity contribution in [1.29, 1.82) is 0 Å². The van der Waals surface area contributed by atoms with Crippen LogP contribution in [0.1, 0.15) is 60.8 Å². The molecule has 1 fully saturated rings. The highest BCUT2D eigenvalue weighted by atomic mass is 16.1. The van der Waals surface area contributed by atoms with E-state index in [1.165, 1.54) is 6.42 Å². The first-order valence-electron chi connectivity index (χ1n) is 8.34. The molecule has 0 bridgehead atoms. The van der Waals surface area contributed by atoms with Crippen LogP contribution in [0.5, 0.6) is 0 Å². The van der Waals surface area contributed by atoms with E-state index in [2.05, 4.69) is 31.1 Å². The van der Waals surface area contributed by atoms with Gasteiger partial charge >= 0.3 is 0 Å². The fraction of sp³-hybridized carbons (Fsp3) is 0.722. The quantitative estimate of drug-likeness (QED) is 0.762. The number of carbonyl (C=O) groups is 1. The number of rotatable bonds is 3. The zero-order chi connectivity index (χ0) is 16.9.